The zero-order chi connectivity index (χ0) is 21.4. The Balaban J connectivity index is 1.62. The molecule has 0 radical (unpaired) electrons. The molecule has 1 saturated heterocycles. The van der Waals surface area contributed by atoms with Gasteiger partial charge in [0.2, 0.25) is 5.82 Å². The van der Waals surface area contributed by atoms with Gasteiger partial charge in [-0.1, -0.05) is 37.8 Å². The smallest absolute Gasteiger partial charge is 0.258 e. The number of rotatable bonds is 4. The van der Waals surface area contributed by atoms with Gasteiger partial charge in [-0.05, 0) is 72.5 Å². The lowest BCUT2D eigenvalue weighted by Crippen LogP contribution is -3.13. The van der Waals surface area contributed by atoms with Crippen molar-refractivity contribution in [3.05, 3.63) is 51.6 Å². The predicted molar refractivity (Wildman–Crippen MR) is 120 cm³/mol. The molecule has 0 spiro atoms. The van der Waals surface area contributed by atoms with E-state index < -0.39 is 0 Å². The fourth-order valence-electron chi connectivity index (χ4n) is 5.50. The zero-order valence-corrected chi connectivity index (χ0v) is 18.6. The molecule has 0 amide bonds. The third kappa shape index (κ3) is 4.03. The number of fused-ring (bicyclic) bond motifs is 1. The Hall–Kier alpha value is -2.54. The van der Waals surface area contributed by atoms with Gasteiger partial charge >= 0.3 is 0 Å². The Labute approximate surface area is 182 Å². The fraction of sp³-hybridized carbons (Fsp3) is 0.583. The number of pyridine rings is 1. The SMILES string of the molecule is Cc1ccc2[nH]c(=O)c([C@H](c3nnnn3C3CCCCC3)[NH+]3CCC(C)CC3)cc2c1. The van der Waals surface area contributed by atoms with E-state index in [-0.39, 0.29) is 11.6 Å². The maximum absolute atomic E-state index is 13.3. The minimum Gasteiger partial charge on any atom is -0.322 e. The number of hydrogen-bond acceptors (Lipinski definition) is 4. The number of quaternary nitrogens is 1. The molecule has 7 nitrogen and oxygen atoms in total. The van der Waals surface area contributed by atoms with Crippen LogP contribution in [0.5, 0.6) is 0 Å². The highest BCUT2D eigenvalue weighted by Gasteiger charge is 2.37. The largest absolute Gasteiger partial charge is 0.322 e. The van der Waals surface area contributed by atoms with Crippen molar-refractivity contribution in [2.75, 3.05) is 13.1 Å². The fourth-order valence-corrected chi connectivity index (χ4v) is 5.50. The maximum Gasteiger partial charge on any atom is 0.258 e. The summed E-state index contributed by atoms with van der Waals surface area (Å²) >= 11 is 0. The van der Waals surface area contributed by atoms with Gasteiger partial charge in [0.1, 0.15) is 0 Å². The van der Waals surface area contributed by atoms with E-state index in [2.05, 4.69) is 51.2 Å². The Morgan fingerprint density at radius 2 is 1.87 bits per heavy atom. The Bertz CT molecular complexity index is 1100. The quantitative estimate of drug-likeness (QED) is 0.679. The molecule has 1 saturated carbocycles. The van der Waals surface area contributed by atoms with Crippen LogP contribution in [0.25, 0.3) is 10.9 Å². The van der Waals surface area contributed by atoms with Crippen molar-refractivity contribution in [3.63, 3.8) is 0 Å². The summed E-state index contributed by atoms with van der Waals surface area (Å²) < 4.78 is 2.05. The Morgan fingerprint density at radius 1 is 1.10 bits per heavy atom. The van der Waals surface area contributed by atoms with Gasteiger partial charge in [0, 0.05) is 5.52 Å². The number of aryl methyl sites for hydroxylation is 1. The van der Waals surface area contributed by atoms with Crippen LogP contribution in [0.15, 0.2) is 29.1 Å². The number of benzene rings is 1. The Kier molecular flexibility index (Phi) is 5.61. The van der Waals surface area contributed by atoms with Crippen molar-refractivity contribution in [1.82, 2.24) is 25.2 Å². The summed E-state index contributed by atoms with van der Waals surface area (Å²) in [6.45, 7) is 6.48. The summed E-state index contributed by atoms with van der Waals surface area (Å²) in [5.74, 6) is 1.59. The third-order valence-electron chi connectivity index (χ3n) is 7.36. The minimum atomic E-state index is -0.141. The van der Waals surface area contributed by atoms with Crippen LogP contribution in [0, 0.1) is 12.8 Å². The monoisotopic (exact) mass is 421 g/mol. The molecule has 2 N–H and O–H groups in total. The van der Waals surface area contributed by atoms with E-state index in [9.17, 15) is 4.79 Å². The van der Waals surface area contributed by atoms with Gasteiger partial charge in [0.25, 0.3) is 5.56 Å². The van der Waals surface area contributed by atoms with Gasteiger partial charge in [-0.3, -0.25) is 4.79 Å². The van der Waals surface area contributed by atoms with Gasteiger partial charge in [-0.15, -0.1) is 5.10 Å². The molecule has 2 aromatic heterocycles. The van der Waals surface area contributed by atoms with E-state index in [0.717, 1.165) is 54.1 Å². The molecule has 2 aliphatic rings. The zero-order valence-electron chi connectivity index (χ0n) is 18.6. The molecule has 1 aromatic carbocycles. The number of aromatic amines is 1. The molecule has 1 atom stereocenters. The third-order valence-corrected chi connectivity index (χ3v) is 7.36. The molecule has 2 fully saturated rings. The number of nitrogens with zero attached hydrogens (tertiary/aromatic N) is 4. The van der Waals surface area contributed by atoms with Crippen LogP contribution in [-0.4, -0.2) is 38.3 Å². The molecule has 31 heavy (non-hydrogen) atoms. The maximum atomic E-state index is 13.3. The standard InChI is InChI=1S/C24H32N6O/c1-16-10-12-29(13-11-16)22(23-26-27-28-30(23)19-6-4-3-5-7-19)20-15-18-14-17(2)8-9-21(18)25-24(20)31/h8-9,14-16,19,22H,3-7,10-13H2,1-2H3,(H,25,31)/p+1/t22-/m1/s1. The molecule has 3 heterocycles. The van der Waals surface area contributed by atoms with Crippen LogP contribution in [0.2, 0.25) is 0 Å². The van der Waals surface area contributed by atoms with Crippen molar-refractivity contribution >= 4 is 10.9 Å². The first-order valence-corrected chi connectivity index (χ1v) is 11.9. The van der Waals surface area contributed by atoms with E-state index in [1.165, 1.54) is 42.6 Å². The van der Waals surface area contributed by atoms with Crippen LogP contribution < -0.4 is 10.5 Å². The molecule has 164 valence electrons. The number of aromatic nitrogens is 5. The molecule has 7 heteroatoms. The average Bonchev–Trinajstić information content (AvgIpc) is 3.26. The normalized spacial score (nSPS) is 23.8. The first-order chi connectivity index (χ1) is 15.1. The van der Waals surface area contributed by atoms with E-state index in [1.807, 2.05) is 12.1 Å². The lowest BCUT2D eigenvalue weighted by atomic mass is 9.93. The van der Waals surface area contributed by atoms with Gasteiger partial charge in [-0.2, -0.15) is 0 Å². The molecular formula is C24H33N6O+. The number of H-pyrrole nitrogens is 1. The highest BCUT2D eigenvalue weighted by molar-refractivity contribution is 5.79. The van der Waals surface area contributed by atoms with Crippen molar-refractivity contribution in [2.45, 2.75) is 70.9 Å². The molecule has 1 aliphatic carbocycles. The van der Waals surface area contributed by atoms with Crippen LogP contribution >= 0.6 is 0 Å². The minimum absolute atomic E-state index is 0.0225. The summed E-state index contributed by atoms with van der Waals surface area (Å²) in [7, 11) is 0. The second-order valence-electron chi connectivity index (χ2n) is 9.69. The van der Waals surface area contributed by atoms with Gasteiger partial charge in [0.15, 0.2) is 6.04 Å². The lowest BCUT2D eigenvalue weighted by Gasteiger charge is -2.34. The van der Waals surface area contributed by atoms with Crippen molar-refractivity contribution < 1.29 is 4.90 Å². The summed E-state index contributed by atoms with van der Waals surface area (Å²) in [6, 6.07) is 8.45. The first-order valence-electron chi connectivity index (χ1n) is 11.9. The van der Waals surface area contributed by atoms with Crippen molar-refractivity contribution in [1.29, 1.82) is 0 Å². The van der Waals surface area contributed by atoms with Crippen LogP contribution in [0.1, 0.15) is 80.9 Å². The topological polar surface area (TPSA) is 80.9 Å². The highest BCUT2D eigenvalue weighted by Crippen LogP contribution is 2.30. The van der Waals surface area contributed by atoms with Crippen LogP contribution in [0.4, 0.5) is 0 Å². The lowest BCUT2D eigenvalue weighted by molar-refractivity contribution is -0.932. The van der Waals surface area contributed by atoms with Crippen molar-refractivity contribution in [3.8, 4) is 0 Å². The van der Waals surface area contributed by atoms with Crippen LogP contribution in [0.3, 0.4) is 0 Å². The molecule has 0 bridgehead atoms. The molecule has 1 aliphatic heterocycles. The first kappa shape index (κ1) is 20.4. The van der Waals surface area contributed by atoms with Gasteiger partial charge < -0.3 is 9.88 Å². The number of nitrogens with one attached hydrogen (secondary N) is 2. The number of hydrogen-bond donors (Lipinski definition) is 2. The van der Waals surface area contributed by atoms with Gasteiger partial charge in [-0.25, -0.2) is 4.68 Å². The number of piperidine rings is 1. The van der Waals surface area contributed by atoms with Crippen molar-refractivity contribution in [2.24, 2.45) is 5.92 Å². The second kappa shape index (κ2) is 8.54. The van der Waals surface area contributed by atoms with E-state index >= 15 is 0 Å². The molecule has 0 unspecified atom stereocenters. The van der Waals surface area contributed by atoms with Crippen LogP contribution in [-0.2, 0) is 0 Å². The summed E-state index contributed by atoms with van der Waals surface area (Å²) in [6.07, 6.45) is 8.30. The summed E-state index contributed by atoms with van der Waals surface area (Å²) in [5, 5.41) is 14.1. The van der Waals surface area contributed by atoms with Gasteiger partial charge in [0.05, 0.1) is 24.7 Å². The highest BCUT2D eigenvalue weighted by atomic mass is 16.1. The molecule has 5 rings (SSSR count). The average molecular weight is 422 g/mol. The summed E-state index contributed by atoms with van der Waals surface area (Å²) in [5.41, 5.74) is 2.83. The number of likely N-dealkylation sites (tertiary alicyclic amines) is 1. The number of tetrazole rings is 1. The molecule has 3 aromatic rings. The van der Waals surface area contributed by atoms with E-state index in [1.54, 1.807) is 0 Å². The Morgan fingerprint density at radius 3 is 2.65 bits per heavy atom. The van der Waals surface area contributed by atoms with E-state index in [4.69, 9.17) is 0 Å². The second-order valence-corrected chi connectivity index (χ2v) is 9.69. The predicted octanol–water partition coefficient (Wildman–Crippen LogP) is 2.73. The summed E-state index contributed by atoms with van der Waals surface area (Å²) in [4.78, 5) is 17.8. The molecular weight excluding hydrogens is 388 g/mol. The van der Waals surface area contributed by atoms with E-state index in [0.29, 0.717) is 6.04 Å².